The fourth-order valence-corrected chi connectivity index (χ4v) is 2.88. The maximum Gasteiger partial charge on any atom is 0.0878 e. The van der Waals surface area contributed by atoms with E-state index in [4.69, 9.17) is 4.74 Å². The minimum absolute atomic E-state index is 0.686. The number of hydrogen-bond donors (Lipinski definition) is 0. The molecule has 1 aliphatic rings. The van der Waals surface area contributed by atoms with Crippen LogP contribution >= 0.6 is 15.9 Å². The molecule has 0 amide bonds. The molecule has 1 aliphatic heterocycles. The summed E-state index contributed by atoms with van der Waals surface area (Å²) in [5.41, 5.74) is 5.17. The fourth-order valence-electron chi connectivity index (χ4n) is 2.52. The Morgan fingerprint density at radius 2 is 2.18 bits per heavy atom. The summed E-state index contributed by atoms with van der Waals surface area (Å²) in [5.74, 6) is 0. The number of hydrogen-bond acceptors (Lipinski definition) is 1. The van der Waals surface area contributed by atoms with E-state index in [-0.39, 0.29) is 0 Å². The molecule has 3 rings (SSSR count). The molecular formula is C14H14BrNO. The molecule has 2 heterocycles. The van der Waals surface area contributed by atoms with E-state index in [2.05, 4.69) is 58.7 Å². The van der Waals surface area contributed by atoms with Gasteiger partial charge in [0.15, 0.2) is 0 Å². The molecule has 1 aromatic heterocycles. The summed E-state index contributed by atoms with van der Waals surface area (Å²) in [4.78, 5) is 0. The van der Waals surface area contributed by atoms with Crippen molar-refractivity contribution in [2.75, 3.05) is 6.61 Å². The van der Waals surface area contributed by atoms with Crippen LogP contribution in [-0.2, 0) is 18.4 Å². The Morgan fingerprint density at radius 3 is 3.00 bits per heavy atom. The lowest BCUT2D eigenvalue weighted by atomic mass is 10.0. The monoisotopic (exact) mass is 291 g/mol. The highest BCUT2D eigenvalue weighted by molar-refractivity contribution is 9.10. The van der Waals surface area contributed by atoms with Gasteiger partial charge in [-0.2, -0.15) is 0 Å². The smallest absolute Gasteiger partial charge is 0.0878 e. The van der Waals surface area contributed by atoms with Crippen molar-refractivity contribution in [1.29, 1.82) is 0 Å². The molecule has 2 aromatic rings. The first kappa shape index (κ1) is 11.1. The summed E-state index contributed by atoms with van der Waals surface area (Å²) in [6.07, 6.45) is 2.16. The lowest BCUT2D eigenvalue weighted by Gasteiger charge is -2.04. The third-order valence-electron chi connectivity index (χ3n) is 3.42. The first-order valence-electron chi connectivity index (χ1n) is 5.70. The quantitative estimate of drug-likeness (QED) is 0.719. The van der Waals surface area contributed by atoms with Crippen LogP contribution in [0.1, 0.15) is 18.2 Å². The van der Waals surface area contributed by atoms with Crippen molar-refractivity contribution in [3.8, 4) is 0 Å². The second-order valence-electron chi connectivity index (χ2n) is 4.44. The first-order chi connectivity index (χ1) is 8.18. The van der Waals surface area contributed by atoms with E-state index in [1.807, 2.05) is 0 Å². The Kier molecular flexibility index (Phi) is 2.60. The van der Waals surface area contributed by atoms with Gasteiger partial charge >= 0.3 is 0 Å². The van der Waals surface area contributed by atoms with E-state index in [0.717, 1.165) is 4.47 Å². The predicted molar refractivity (Wildman–Crippen MR) is 73.9 cm³/mol. The second-order valence-corrected chi connectivity index (χ2v) is 5.36. The van der Waals surface area contributed by atoms with E-state index in [0.29, 0.717) is 13.2 Å². The number of aromatic nitrogens is 1. The van der Waals surface area contributed by atoms with E-state index in [1.54, 1.807) is 0 Å². The van der Waals surface area contributed by atoms with Crippen molar-refractivity contribution in [1.82, 2.24) is 4.57 Å². The molecule has 0 saturated heterocycles. The number of nitrogens with zero attached hydrogens (tertiary/aromatic N) is 1. The van der Waals surface area contributed by atoms with Crippen LogP contribution in [0.25, 0.3) is 16.5 Å². The molecule has 0 fully saturated rings. The highest BCUT2D eigenvalue weighted by atomic mass is 79.9. The van der Waals surface area contributed by atoms with E-state index < -0.39 is 0 Å². The Morgan fingerprint density at radius 1 is 1.35 bits per heavy atom. The Balaban J connectivity index is 2.43. The van der Waals surface area contributed by atoms with E-state index in [9.17, 15) is 0 Å². The summed E-state index contributed by atoms with van der Waals surface area (Å²) in [6.45, 7) is 3.55. The van der Waals surface area contributed by atoms with Crippen LogP contribution in [0.15, 0.2) is 28.7 Å². The zero-order valence-corrected chi connectivity index (χ0v) is 11.5. The molecule has 0 N–H and O–H groups in total. The summed E-state index contributed by atoms with van der Waals surface area (Å²) in [7, 11) is 2.11. The normalized spacial score (nSPS) is 15.6. The third kappa shape index (κ3) is 1.65. The molecule has 3 heteroatoms. The summed E-state index contributed by atoms with van der Waals surface area (Å²) in [6, 6.07) is 6.43. The zero-order valence-electron chi connectivity index (χ0n) is 9.96. The Hall–Kier alpha value is -1.06. The van der Waals surface area contributed by atoms with Gasteiger partial charge in [0.25, 0.3) is 0 Å². The molecule has 0 unspecified atom stereocenters. The van der Waals surface area contributed by atoms with E-state index in [1.165, 1.54) is 27.7 Å². The molecule has 0 atom stereocenters. The topological polar surface area (TPSA) is 14.2 Å². The number of rotatable bonds is 0. The van der Waals surface area contributed by atoms with Gasteiger partial charge in [-0.1, -0.05) is 22.0 Å². The Bertz CT molecular complexity index is 625. The summed E-state index contributed by atoms with van der Waals surface area (Å²) < 4.78 is 8.98. The van der Waals surface area contributed by atoms with Crippen LogP contribution in [0, 0.1) is 0 Å². The zero-order chi connectivity index (χ0) is 12.0. The molecule has 0 aliphatic carbocycles. The SMILES string of the molecule is CC1=CCOCc2c1c1cc(Br)ccc1n2C. The molecule has 88 valence electrons. The van der Waals surface area contributed by atoms with Crippen LogP contribution in [0.5, 0.6) is 0 Å². The molecule has 2 nitrogen and oxygen atoms in total. The number of allylic oxidation sites excluding steroid dienone is 1. The van der Waals surface area contributed by atoms with Crippen LogP contribution < -0.4 is 0 Å². The van der Waals surface area contributed by atoms with Gasteiger partial charge in [0.2, 0.25) is 0 Å². The molecule has 0 radical (unpaired) electrons. The summed E-state index contributed by atoms with van der Waals surface area (Å²) in [5, 5.41) is 1.30. The highest BCUT2D eigenvalue weighted by Gasteiger charge is 2.18. The summed E-state index contributed by atoms with van der Waals surface area (Å²) >= 11 is 3.55. The van der Waals surface area contributed by atoms with Gasteiger partial charge in [-0.15, -0.1) is 0 Å². The highest BCUT2D eigenvalue weighted by Crippen LogP contribution is 2.34. The molecule has 0 spiro atoms. The van der Waals surface area contributed by atoms with E-state index >= 15 is 0 Å². The minimum Gasteiger partial charge on any atom is -0.371 e. The predicted octanol–water partition coefficient (Wildman–Crippen LogP) is 3.87. The van der Waals surface area contributed by atoms with Gasteiger partial charge in [0.1, 0.15) is 0 Å². The third-order valence-corrected chi connectivity index (χ3v) is 3.92. The van der Waals surface area contributed by atoms with Crippen molar-refractivity contribution in [3.63, 3.8) is 0 Å². The van der Waals surface area contributed by atoms with Gasteiger partial charge in [-0.05, 0) is 30.7 Å². The van der Waals surface area contributed by atoms with Gasteiger partial charge in [0, 0.05) is 28.0 Å². The standard InChI is InChI=1S/C14H14BrNO/c1-9-5-6-17-8-13-14(9)11-7-10(15)3-4-12(11)16(13)2/h3-5,7H,6,8H2,1-2H3. The second kappa shape index (κ2) is 4.00. The maximum absolute atomic E-state index is 5.62. The molecule has 0 saturated carbocycles. The average molecular weight is 292 g/mol. The number of benzene rings is 1. The molecule has 0 bridgehead atoms. The van der Waals surface area contributed by atoms with Crippen molar-refractivity contribution < 1.29 is 4.74 Å². The van der Waals surface area contributed by atoms with Crippen LogP contribution in [0.2, 0.25) is 0 Å². The largest absolute Gasteiger partial charge is 0.371 e. The average Bonchev–Trinajstić information content (AvgIpc) is 2.46. The number of fused-ring (bicyclic) bond motifs is 3. The van der Waals surface area contributed by atoms with Crippen LogP contribution in [-0.4, -0.2) is 11.2 Å². The Labute approximate surface area is 109 Å². The minimum atomic E-state index is 0.686. The molecule has 17 heavy (non-hydrogen) atoms. The van der Waals surface area contributed by atoms with Gasteiger partial charge in [-0.3, -0.25) is 0 Å². The van der Waals surface area contributed by atoms with Gasteiger partial charge < -0.3 is 9.30 Å². The van der Waals surface area contributed by atoms with Crippen molar-refractivity contribution >= 4 is 32.4 Å². The lowest BCUT2D eigenvalue weighted by Crippen LogP contribution is -1.99. The number of ether oxygens (including phenoxy) is 1. The van der Waals surface area contributed by atoms with Gasteiger partial charge in [0.05, 0.1) is 18.9 Å². The molecule has 1 aromatic carbocycles. The van der Waals surface area contributed by atoms with Crippen LogP contribution in [0.4, 0.5) is 0 Å². The molecular weight excluding hydrogens is 278 g/mol. The van der Waals surface area contributed by atoms with Crippen molar-refractivity contribution in [3.05, 3.63) is 40.0 Å². The van der Waals surface area contributed by atoms with Crippen LogP contribution in [0.3, 0.4) is 0 Å². The number of halogens is 1. The van der Waals surface area contributed by atoms with Crippen molar-refractivity contribution in [2.45, 2.75) is 13.5 Å². The van der Waals surface area contributed by atoms with Gasteiger partial charge in [-0.25, -0.2) is 0 Å². The number of aryl methyl sites for hydroxylation is 1. The van der Waals surface area contributed by atoms with Crippen molar-refractivity contribution in [2.24, 2.45) is 7.05 Å². The maximum atomic E-state index is 5.62. The lowest BCUT2D eigenvalue weighted by molar-refractivity contribution is 0.145. The first-order valence-corrected chi connectivity index (χ1v) is 6.49. The fraction of sp³-hybridized carbons (Fsp3) is 0.286.